The maximum atomic E-state index is 12.0. The zero-order valence-electron chi connectivity index (χ0n) is 64.0. The van der Waals surface area contributed by atoms with E-state index in [0.717, 1.165) is 50.2 Å². The van der Waals surface area contributed by atoms with Crippen molar-refractivity contribution < 1.29 is 153 Å². The van der Waals surface area contributed by atoms with Crippen LogP contribution in [0.2, 0.25) is 0 Å². The van der Waals surface area contributed by atoms with Crippen LogP contribution in [-0.4, -0.2) is 418 Å². The molecule has 7 amide bonds. The van der Waals surface area contributed by atoms with E-state index >= 15 is 0 Å². The maximum absolute atomic E-state index is 12.0. The lowest BCUT2D eigenvalue weighted by Gasteiger charge is -2.27. The van der Waals surface area contributed by atoms with Crippen LogP contribution in [0, 0.1) is 0 Å². The van der Waals surface area contributed by atoms with Crippen LogP contribution >= 0.6 is 11.6 Å². The summed E-state index contributed by atoms with van der Waals surface area (Å²) in [6, 6.07) is 0. The van der Waals surface area contributed by atoms with Crippen molar-refractivity contribution in [3.63, 3.8) is 0 Å². The Balaban J connectivity index is -0.000000442. The number of hydrogen-bond donors (Lipinski definition) is 20. The fourth-order valence-corrected chi connectivity index (χ4v) is 8.23. The summed E-state index contributed by atoms with van der Waals surface area (Å²) < 4.78 is 4.41. The summed E-state index contributed by atoms with van der Waals surface area (Å²) >= 11 is 4.71. The zero-order chi connectivity index (χ0) is 86.3. The van der Waals surface area contributed by atoms with Crippen molar-refractivity contribution in [1.82, 2.24) is 87.1 Å². The molecule has 0 radical (unpaired) electrons. The molecule has 1 fully saturated rings. The molecule has 50 heteroatoms. The van der Waals surface area contributed by atoms with Crippen molar-refractivity contribution in [2.75, 3.05) is 250 Å². The van der Waals surface area contributed by atoms with Crippen molar-refractivity contribution in [1.29, 1.82) is 0 Å². The quantitative estimate of drug-likeness (QED) is 0.00393. The number of nitrogens with one attached hydrogen (secondary N) is 9. The Morgan fingerprint density at radius 3 is 0.912 bits per heavy atom. The second kappa shape index (κ2) is 81.8. The first-order valence-corrected chi connectivity index (χ1v) is 35.1. The number of aliphatic carboxylic acids is 3. The highest BCUT2D eigenvalue weighted by Gasteiger charge is 2.26. The molecule has 0 saturated carbocycles. The van der Waals surface area contributed by atoms with Gasteiger partial charge >= 0.3 is 29.8 Å². The van der Waals surface area contributed by atoms with Gasteiger partial charge < -0.3 is 73.6 Å². The molecule has 1 aliphatic rings. The van der Waals surface area contributed by atoms with Gasteiger partial charge in [-0.1, -0.05) is 40.2 Å². The highest BCUT2D eigenvalue weighted by molar-refractivity contribution is 6.66. The zero-order valence-corrected chi connectivity index (χ0v) is 64.8. The maximum Gasteiger partial charge on any atom is 0.327 e. The van der Waals surface area contributed by atoms with Gasteiger partial charge in [-0.3, -0.25) is 138 Å². The van der Waals surface area contributed by atoms with Crippen molar-refractivity contribution in [2.24, 2.45) is 5.73 Å². The molecule has 1 rings (SSSR count). The van der Waals surface area contributed by atoms with E-state index in [9.17, 15) is 62.3 Å². The number of nitrogens with two attached hydrogens (primary N) is 1. The molecule has 654 valence electrons. The van der Waals surface area contributed by atoms with Crippen LogP contribution in [0.3, 0.4) is 0 Å². The lowest BCUT2D eigenvalue weighted by molar-refractivity contribution is -0.251. The summed E-state index contributed by atoms with van der Waals surface area (Å²) in [6.07, 6.45) is 6.31. The summed E-state index contributed by atoms with van der Waals surface area (Å²) in [4.78, 5) is 187. The molecule has 1 saturated heterocycles. The number of morpholine rings is 1. The molecular formula is C63H119ClN18O31. The Hall–Kier alpha value is -8.24. The van der Waals surface area contributed by atoms with Gasteiger partial charge in [-0.25, -0.2) is 34.2 Å². The van der Waals surface area contributed by atoms with Crippen LogP contribution in [0.4, 0.5) is 0 Å². The van der Waals surface area contributed by atoms with Gasteiger partial charge in [0, 0.05) is 105 Å². The Labute approximate surface area is 659 Å². The Bertz CT molecular complexity index is 2600. The molecule has 0 bridgehead atoms. The fraction of sp³-hybridized carbons (Fsp3) is 0.667. The van der Waals surface area contributed by atoms with E-state index in [4.69, 9.17) is 69.5 Å². The SMILES string of the molecule is C=CC(=O)Cl.C=CC(=O)NCNC(=O)CN(CCN(CCOO)CCOO)CC(=O)O.C=CC(=O)NCNC(=O)CN(CCOO)CCN(CC(=O)O)CC(=O)NCNC(=O)C=C.CCCNCN.CCCNCNC(=O)CN(CCN(CCOO)CCOO)CC(=O)O.O=C1CN(CCN(CCOO)CCOO)CC(=O)O1. The normalized spacial score (nSPS) is 11.5. The Morgan fingerprint density at radius 2 is 0.655 bits per heavy atom. The topological polar surface area (TPSA) is 658 Å². The number of amides is 7. The molecule has 0 aromatic rings. The summed E-state index contributed by atoms with van der Waals surface area (Å²) in [7, 11) is 0. The van der Waals surface area contributed by atoms with Gasteiger partial charge in [-0.15, -0.1) is 0 Å². The van der Waals surface area contributed by atoms with Gasteiger partial charge in [0.25, 0.3) is 0 Å². The number of carboxylic acid groups (broad SMARTS) is 3. The second-order valence-electron chi connectivity index (χ2n) is 22.6. The third-order valence-corrected chi connectivity index (χ3v) is 13.8. The van der Waals surface area contributed by atoms with Crippen LogP contribution in [-0.2, 0) is 101 Å². The van der Waals surface area contributed by atoms with Gasteiger partial charge in [-0.2, -0.15) is 0 Å². The molecule has 0 aliphatic carbocycles. The molecule has 49 nitrogen and oxygen atoms in total. The first kappa shape index (κ1) is 113. The smallest absolute Gasteiger partial charge is 0.327 e. The molecule has 113 heavy (non-hydrogen) atoms. The number of cyclic esters (lactones) is 2. The van der Waals surface area contributed by atoms with Crippen molar-refractivity contribution in [3.05, 3.63) is 50.6 Å². The number of carbonyl (C=O) groups excluding carboxylic acids is 10. The lowest BCUT2D eigenvalue weighted by atomic mass is 10.3. The summed E-state index contributed by atoms with van der Waals surface area (Å²) in [5.41, 5.74) is 5.10. The van der Waals surface area contributed by atoms with E-state index in [0.29, 0.717) is 85.3 Å². The van der Waals surface area contributed by atoms with E-state index in [1.165, 1.54) is 14.7 Å². The molecule has 0 atom stereocenters. The number of ether oxygens (including phenoxy) is 1. The first-order valence-electron chi connectivity index (χ1n) is 34.7. The number of rotatable bonds is 64. The van der Waals surface area contributed by atoms with Gasteiger partial charge in [0.05, 0.1) is 132 Å². The van der Waals surface area contributed by atoms with Crippen molar-refractivity contribution >= 4 is 88.0 Å². The molecule has 0 spiro atoms. The molecule has 1 heterocycles. The van der Waals surface area contributed by atoms with Crippen LogP contribution in [0.25, 0.3) is 0 Å². The largest absolute Gasteiger partial charge is 0.480 e. The minimum absolute atomic E-state index is 0.0217. The molecule has 0 unspecified atom stereocenters. The average molecular weight is 1660 g/mol. The average Bonchev–Trinajstić information content (AvgIpc) is 0.892. The number of carboxylic acids is 3. The number of nitrogens with zero attached hydrogens (tertiary/aromatic N) is 8. The lowest BCUT2D eigenvalue weighted by Crippen LogP contribution is -2.48. The molecule has 0 aromatic carbocycles. The van der Waals surface area contributed by atoms with Gasteiger partial charge in [0.15, 0.2) is 0 Å². The van der Waals surface area contributed by atoms with Gasteiger partial charge in [-0.05, 0) is 61.8 Å². The summed E-state index contributed by atoms with van der Waals surface area (Å²) in [6.45, 7) is 23.2. The number of carbonyl (C=O) groups is 13. The second-order valence-corrected chi connectivity index (χ2v) is 22.9. The Kier molecular flexibility index (Phi) is 82.0. The van der Waals surface area contributed by atoms with Gasteiger partial charge in [0.2, 0.25) is 46.6 Å². The van der Waals surface area contributed by atoms with Gasteiger partial charge in [0.1, 0.15) is 0 Å². The van der Waals surface area contributed by atoms with Crippen molar-refractivity contribution in [3.8, 4) is 0 Å². The Morgan fingerprint density at radius 1 is 0.398 bits per heavy atom. The predicted molar refractivity (Wildman–Crippen MR) is 399 cm³/mol. The van der Waals surface area contributed by atoms with E-state index in [1.807, 2.05) is 16.7 Å². The fourth-order valence-electron chi connectivity index (χ4n) is 8.23. The van der Waals surface area contributed by atoms with Crippen LogP contribution in [0.1, 0.15) is 26.7 Å². The molecular weight excluding hydrogens is 1540 g/mol. The minimum atomic E-state index is -1.15. The number of halogens is 1. The predicted octanol–water partition coefficient (Wildman–Crippen LogP) is -6.83. The van der Waals surface area contributed by atoms with Crippen molar-refractivity contribution in [2.45, 2.75) is 26.7 Å². The highest BCUT2D eigenvalue weighted by atomic mass is 35.5. The van der Waals surface area contributed by atoms with E-state index in [-0.39, 0.29) is 151 Å². The number of esters is 2. The highest BCUT2D eigenvalue weighted by Crippen LogP contribution is 2.02. The monoisotopic (exact) mass is 1660 g/mol. The van der Waals surface area contributed by atoms with Crippen LogP contribution < -0.4 is 53.6 Å². The number of allylic oxidation sites excluding steroid dienone is 1. The van der Waals surface area contributed by atoms with E-state index < -0.39 is 77.1 Å². The molecule has 21 N–H and O–H groups in total. The molecule has 1 aliphatic heterocycles. The third-order valence-electron chi connectivity index (χ3n) is 13.7. The van der Waals surface area contributed by atoms with Crippen LogP contribution in [0.15, 0.2) is 50.6 Å². The minimum Gasteiger partial charge on any atom is -0.480 e. The standard InChI is InChI=1S/C18H30N6O8.C14H26N4O8.C14H30N4O7.C10H18N2O7.C4H12N2.C3H3ClO/c1-3-14(25)19-12-21-16(27)9-23(7-8-32-31)5-6-24(11-18(29)30)10-17(28)22-13-20-15(26)4-2;1-2-12(19)15-11-16-13(20)9-18(10-14(21)22)4-3-17(5-7-25-23)6-8-26-24;1-2-3-15-12-16-13(19)10-18(11-14(20)21)5-4-17(6-8-24-22)7-9-25-23;13-9-7-12(8-10(14)19-9)2-1-11(3-5-17-15)4-6-18-16;1-2-3-6-4-5;1-2-3(4)5/h3-4,31H,1-2,5-13H2,(H,19,25)(H,20,26)(H,21,27)(H,22,28)(H,29,30);2,23-24H,1,3-11H2,(H,15,19)(H,16,20)(H,21,22);15,22-23H,2-12H2,1H3,(H,16,19)(H,20,21);15-16H,1-8H2;6H,2-5H2,1H3;2H,1H2. The first-order chi connectivity index (χ1) is 54.0. The summed E-state index contributed by atoms with van der Waals surface area (Å²) in [5.74, 6) is -7.45. The van der Waals surface area contributed by atoms with Crippen LogP contribution in [0.5, 0.6) is 0 Å². The number of hydrogen-bond acceptors (Lipinski definition) is 39. The third kappa shape index (κ3) is 81.6. The summed E-state index contributed by atoms with van der Waals surface area (Å²) in [5, 5.41) is 108. The molecule has 0 aromatic heterocycles. The van der Waals surface area contributed by atoms with E-state index in [2.05, 4.69) is 120 Å². The van der Waals surface area contributed by atoms with E-state index in [1.54, 1.807) is 14.7 Å².